The van der Waals surface area contributed by atoms with Gasteiger partial charge in [0.1, 0.15) is 0 Å². The SMILES string of the molecule is CCCCC(O)CCC(C)P. The van der Waals surface area contributed by atoms with Gasteiger partial charge in [0, 0.05) is 0 Å². The number of hydrogen-bond donors (Lipinski definition) is 1. The normalized spacial score (nSPS) is 16.4. The first-order valence-corrected chi connectivity index (χ1v) is 5.27. The van der Waals surface area contributed by atoms with Crippen LogP contribution >= 0.6 is 9.24 Å². The minimum atomic E-state index is -0.0575. The lowest BCUT2D eigenvalue weighted by Gasteiger charge is -2.10. The third kappa shape index (κ3) is 8.29. The molecule has 3 unspecified atom stereocenters. The molecule has 1 nitrogen and oxygen atoms in total. The van der Waals surface area contributed by atoms with Crippen molar-refractivity contribution in [2.75, 3.05) is 0 Å². The highest BCUT2D eigenvalue weighted by Crippen LogP contribution is 2.12. The molecule has 0 spiro atoms. The summed E-state index contributed by atoms with van der Waals surface area (Å²) in [5.41, 5.74) is 0.645. The van der Waals surface area contributed by atoms with Gasteiger partial charge in [0.25, 0.3) is 0 Å². The van der Waals surface area contributed by atoms with Gasteiger partial charge in [0.2, 0.25) is 0 Å². The first kappa shape index (κ1) is 11.4. The number of aliphatic hydroxyl groups is 1. The fourth-order valence-corrected chi connectivity index (χ4v) is 1.23. The second-order valence-corrected chi connectivity index (χ2v) is 4.49. The molecular weight excluding hydrogens is 155 g/mol. The van der Waals surface area contributed by atoms with Crippen LogP contribution in [0.4, 0.5) is 0 Å². The van der Waals surface area contributed by atoms with Crippen LogP contribution in [0.2, 0.25) is 0 Å². The maximum absolute atomic E-state index is 9.42. The van der Waals surface area contributed by atoms with Crippen LogP contribution in [-0.4, -0.2) is 16.9 Å². The summed E-state index contributed by atoms with van der Waals surface area (Å²) in [6, 6.07) is 0. The Morgan fingerprint density at radius 3 is 2.36 bits per heavy atom. The summed E-state index contributed by atoms with van der Waals surface area (Å²) < 4.78 is 0. The predicted molar refractivity (Wildman–Crippen MR) is 53.9 cm³/mol. The average molecular weight is 176 g/mol. The number of hydrogen-bond acceptors (Lipinski definition) is 1. The van der Waals surface area contributed by atoms with Crippen molar-refractivity contribution in [3.63, 3.8) is 0 Å². The van der Waals surface area contributed by atoms with Gasteiger partial charge in [-0.1, -0.05) is 26.7 Å². The molecule has 11 heavy (non-hydrogen) atoms. The van der Waals surface area contributed by atoms with E-state index in [9.17, 15) is 5.11 Å². The minimum absolute atomic E-state index is 0.0575. The van der Waals surface area contributed by atoms with Crippen LogP contribution in [0.5, 0.6) is 0 Å². The minimum Gasteiger partial charge on any atom is -0.393 e. The van der Waals surface area contributed by atoms with Gasteiger partial charge in [0.05, 0.1) is 6.10 Å². The van der Waals surface area contributed by atoms with Crippen molar-refractivity contribution in [1.82, 2.24) is 0 Å². The topological polar surface area (TPSA) is 20.2 Å². The molecule has 0 rings (SSSR count). The Kier molecular flexibility index (Phi) is 7.31. The summed E-state index contributed by atoms with van der Waals surface area (Å²) >= 11 is 0. The van der Waals surface area contributed by atoms with E-state index in [1.165, 1.54) is 6.42 Å². The van der Waals surface area contributed by atoms with Gasteiger partial charge >= 0.3 is 0 Å². The predicted octanol–water partition coefficient (Wildman–Crippen LogP) is 2.58. The second kappa shape index (κ2) is 7.06. The highest BCUT2D eigenvalue weighted by Gasteiger charge is 2.03. The quantitative estimate of drug-likeness (QED) is 0.617. The van der Waals surface area contributed by atoms with Crippen molar-refractivity contribution >= 4 is 9.24 Å². The van der Waals surface area contributed by atoms with Crippen molar-refractivity contribution in [3.05, 3.63) is 0 Å². The van der Waals surface area contributed by atoms with Crippen molar-refractivity contribution in [2.24, 2.45) is 0 Å². The maximum Gasteiger partial charge on any atom is 0.0540 e. The van der Waals surface area contributed by atoms with E-state index in [0.717, 1.165) is 25.7 Å². The summed E-state index contributed by atoms with van der Waals surface area (Å²) in [6.07, 6.45) is 5.35. The highest BCUT2D eigenvalue weighted by atomic mass is 31.0. The molecule has 2 heteroatoms. The van der Waals surface area contributed by atoms with Crippen LogP contribution in [0.3, 0.4) is 0 Å². The molecule has 68 valence electrons. The van der Waals surface area contributed by atoms with E-state index < -0.39 is 0 Å². The number of unbranched alkanes of at least 4 members (excludes halogenated alkanes) is 1. The van der Waals surface area contributed by atoms with Gasteiger partial charge in [-0.05, 0) is 24.9 Å². The fraction of sp³-hybridized carbons (Fsp3) is 1.00. The van der Waals surface area contributed by atoms with Crippen molar-refractivity contribution in [2.45, 2.75) is 57.7 Å². The van der Waals surface area contributed by atoms with Crippen LogP contribution in [0.25, 0.3) is 0 Å². The Hall–Kier alpha value is 0.390. The summed E-state index contributed by atoms with van der Waals surface area (Å²) in [4.78, 5) is 0. The van der Waals surface area contributed by atoms with E-state index in [4.69, 9.17) is 0 Å². The van der Waals surface area contributed by atoms with E-state index in [0.29, 0.717) is 5.66 Å². The molecule has 0 bridgehead atoms. The van der Waals surface area contributed by atoms with Crippen molar-refractivity contribution < 1.29 is 5.11 Å². The van der Waals surface area contributed by atoms with Gasteiger partial charge in [0.15, 0.2) is 0 Å². The van der Waals surface area contributed by atoms with Crippen LogP contribution in [-0.2, 0) is 0 Å². The lowest BCUT2D eigenvalue weighted by Crippen LogP contribution is -2.07. The lowest BCUT2D eigenvalue weighted by atomic mass is 10.1. The van der Waals surface area contributed by atoms with Crippen LogP contribution in [0.15, 0.2) is 0 Å². The Bertz CT molecular complexity index is 83.6. The molecule has 0 saturated carbocycles. The van der Waals surface area contributed by atoms with Gasteiger partial charge in [-0.3, -0.25) is 0 Å². The smallest absolute Gasteiger partial charge is 0.0540 e. The summed E-state index contributed by atoms with van der Waals surface area (Å²) in [5.74, 6) is 0. The molecule has 0 heterocycles. The molecule has 0 aromatic carbocycles. The molecule has 0 saturated heterocycles. The van der Waals surface area contributed by atoms with E-state index >= 15 is 0 Å². The van der Waals surface area contributed by atoms with Gasteiger partial charge < -0.3 is 5.11 Å². The fourth-order valence-electron chi connectivity index (χ4n) is 1.04. The molecule has 0 aliphatic heterocycles. The third-order valence-corrected chi connectivity index (χ3v) is 2.18. The Labute approximate surface area is 72.8 Å². The van der Waals surface area contributed by atoms with E-state index in [1.807, 2.05) is 0 Å². The molecular formula is C9H21OP. The largest absolute Gasteiger partial charge is 0.393 e. The van der Waals surface area contributed by atoms with Gasteiger partial charge in [-0.15, -0.1) is 9.24 Å². The zero-order valence-corrected chi connectivity index (χ0v) is 8.87. The van der Waals surface area contributed by atoms with Crippen LogP contribution in [0.1, 0.15) is 46.0 Å². The number of aliphatic hydroxyl groups excluding tert-OH is 1. The molecule has 0 radical (unpaired) electrons. The summed E-state index contributed by atoms with van der Waals surface area (Å²) in [7, 11) is 2.76. The Balaban J connectivity index is 3.15. The monoisotopic (exact) mass is 176 g/mol. The van der Waals surface area contributed by atoms with Crippen LogP contribution in [0, 0.1) is 0 Å². The second-order valence-electron chi connectivity index (χ2n) is 3.35. The van der Waals surface area contributed by atoms with Gasteiger partial charge in [-0.2, -0.15) is 0 Å². The first-order valence-electron chi connectivity index (χ1n) is 4.60. The van der Waals surface area contributed by atoms with Crippen molar-refractivity contribution in [3.8, 4) is 0 Å². The van der Waals surface area contributed by atoms with E-state index in [-0.39, 0.29) is 6.10 Å². The third-order valence-electron chi connectivity index (χ3n) is 1.85. The lowest BCUT2D eigenvalue weighted by molar-refractivity contribution is 0.149. The Morgan fingerprint density at radius 1 is 1.27 bits per heavy atom. The zero-order chi connectivity index (χ0) is 8.69. The average Bonchev–Trinajstić information content (AvgIpc) is 1.97. The summed E-state index contributed by atoms with van der Waals surface area (Å²) in [5, 5.41) is 9.42. The van der Waals surface area contributed by atoms with E-state index in [1.54, 1.807) is 0 Å². The summed E-state index contributed by atoms with van der Waals surface area (Å²) in [6.45, 7) is 4.32. The standard InChI is InChI=1S/C9H21OP/c1-3-4-5-9(10)7-6-8(2)11/h8-10H,3-7,11H2,1-2H3. The van der Waals surface area contributed by atoms with Crippen molar-refractivity contribution in [1.29, 1.82) is 0 Å². The molecule has 3 atom stereocenters. The number of rotatable bonds is 6. The maximum atomic E-state index is 9.42. The van der Waals surface area contributed by atoms with Crippen LogP contribution < -0.4 is 0 Å². The zero-order valence-electron chi connectivity index (χ0n) is 7.71. The van der Waals surface area contributed by atoms with E-state index in [2.05, 4.69) is 23.1 Å². The molecule has 0 fully saturated rings. The molecule has 0 aromatic rings. The molecule has 0 aliphatic carbocycles. The molecule has 0 amide bonds. The molecule has 0 aliphatic rings. The molecule has 0 aromatic heterocycles. The highest BCUT2D eigenvalue weighted by molar-refractivity contribution is 7.17. The Morgan fingerprint density at radius 2 is 1.91 bits per heavy atom. The van der Waals surface area contributed by atoms with Gasteiger partial charge in [-0.25, -0.2) is 0 Å². The molecule has 1 N–H and O–H groups in total. The first-order chi connectivity index (χ1) is 5.16.